The third kappa shape index (κ3) is 3.93. The maximum atomic E-state index is 14.3. The summed E-state index contributed by atoms with van der Waals surface area (Å²) in [4.78, 5) is 21.5. The lowest BCUT2D eigenvalue weighted by molar-refractivity contribution is -0.138. The number of rotatable bonds is 5. The Labute approximate surface area is 145 Å². The summed E-state index contributed by atoms with van der Waals surface area (Å²) in [5.41, 5.74) is 1.15. The van der Waals surface area contributed by atoms with E-state index < -0.39 is 11.8 Å². The first-order valence-electron chi connectivity index (χ1n) is 8.26. The summed E-state index contributed by atoms with van der Waals surface area (Å²) in [6.07, 6.45) is 4.94. The van der Waals surface area contributed by atoms with Gasteiger partial charge in [-0.3, -0.25) is 4.79 Å². The second-order valence-corrected chi connectivity index (χ2v) is 6.24. The Hall–Kier alpha value is -2.54. The van der Waals surface area contributed by atoms with E-state index in [1.165, 1.54) is 6.07 Å². The van der Waals surface area contributed by atoms with Crippen LogP contribution in [0, 0.1) is 11.7 Å². The van der Waals surface area contributed by atoms with Crippen molar-refractivity contribution in [2.45, 2.75) is 25.9 Å². The SMILES string of the molecule is O=C(O)CC1CCN(c2ncc(-c3cccc(CO)c3F)cn2)CC1. The molecule has 1 aliphatic rings. The highest BCUT2D eigenvalue weighted by atomic mass is 19.1. The molecular weight excluding hydrogens is 325 g/mol. The van der Waals surface area contributed by atoms with Crippen LogP contribution in [0.1, 0.15) is 24.8 Å². The first-order valence-corrected chi connectivity index (χ1v) is 8.26. The number of hydrogen-bond donors (Lipinski definition) is 2. The maximum absolute atomic E-state index is 14.3. The van der Waals surface area contributed by atoms with Crippen LogP contribution < -0.4 is 4.90 Å². The number of halogens is 1. The number of carboxylic acid groups (broad SMARTS) is 1. The van der Waals surface area contributed by atoms with Gasteiger partial charge in [-0.1, -0.05) is 18.2 Å². The number of aliphatic carboxylic acids is 1. The molecule has 2 aromatic rings. The Bertz CT molecular complexity index is 744. The fraction of sp³-hybridized carbons (Fsp3) is 0.389. The van der Waals surface area contributed by atoms with E-state index in [-0.39, 0.29) is 24.5 Å². The zero-order valence-electron chi connectivity index (χ0n) is 13.7. The molecule has 1 saturated heterocycles. The summed E-state index contributed by atoms with van der Waals surface area (Å²) < 4.78 is 14.3. The molecular formula is C18H20FN3O3. The van der Waals surface area contributed by atoms with Crippen LogP contribution in [0.4, 0.5) is 10.3 Å². The molecule has 132 valence electrons. The molecule has 0 atom stereocenters. The van der Waals surface area contributed by atoms with Gasteiger partial charge in [-0.2, -0.15) is 0 Å². The van der Waals surface area contributed by atoms with E-state index in [9.17, 15) is 9.18 Å². The minimum atomic E-state index is -0.758. The summed E-state index contributed by atoms with van der Waals surface area (Å²) >= 11 is 0. The van der Waals surface area contributed by atoms with Crippen molar-refractivity contribution in [1.29, 1.82) is 0 Å². The summed E-state index contributed by atoms with van der Waals surface area (Å²) in [5.74, 6) is -0.457. The zero-order chi connectivity index (χ0) is 17.8. The van der Waals surface area contributed by atoms with Gasteiger partial charge in [0, 0.05) is 48.6 Å². The number of nitrogens with zero attached hydrogens (tertiary/aromatic N) is 3. The molecule has 0 unspecified atom stereocenters. The quantitative estimate of drug-likeness (QED) is 0.866. The van der Waals surface area contributed by atoms with Crippen LogP contribution in [-0.2, 0) is 11.4 Å². The average Bonchev–Trinajstić information content (AvgIpc) is 2.62. The van der Waals surface area contributed by atoms with Gasteiger partial charge in [0.15, 0.2) is 0 Å². The normalized spacial score (nSPS) is 15.4. The molecule has 6 nitrogen and oxygen atoms in total. The molecule has 1 aromatic heterocycles. The van der Waals surface area contributed by atoms with Crippen LogP contribution in [0.15, 0.2) is 30.6 Å². The highest BCUT2D eigenvalue weighted by Crippen LogP contribution is 2.26. The van der Waals surface area contributed by atoms with Crippen molar-refractivity contribution >= 4 is 11.9 Å². The molecule has 7 heteroatoms. The van der Waals surface area contributed by atoms with Crippen molar-refractivity contribution in [2.24, 2.45) is 5.92 Å². The van der Waals surface area contributed by atoms with Crippen LogP contribution in [0.2, 0.25) is 0 Å². The molecule has 1 aromatic carbocycles. The number of aromatic nitrogens is 2. The summed E-state index contributed by atoms with van der Waals surface area (Å²) in [7, 11) is 0. The lowest BCUT2D eigenvalue weighted by atomic mass is 9.94. The zero-order valence-corrected chi connectivity index (χ0v) is 13.7. The third-order valence-corrected chi connectivity index (χ3v) is 4.56. The number of anilines is 1. The molecule has 0 aliphatic carbocycles. The molecule has 3 rings (SSSR count). The molecule has 0 spiro atoms. The minimum absolute atomic E-state index is 0.198. The maximum Gasteiger partial charge on any atom is 0.303 e. The fourth-order valence-corrected chi connectivity index (χ4v) is 3.13. The third-order valence-electron chi connectivity index (χ3n) is 4.56. The van der Waals surface area contributed by atoms with Crippen molar-refractivity contribution in [1.82, 2.24) is 9.97 Å². The van der Waals surface area contributed by atoms with Crippen LogP contribution in [0.5, 0.6) is 0 Å². The van der Waals surface area contributed by atoms with Crippen molar-refractivity contribution in [3.05, 3.63) is 42.0 Å². The van der Waals surface area contributed by atoms with Gasteiger partial charge >= 0.3 is 5.97 Å². The molecule has 0 saturated carbocycles. The topological polar surface area (TPSA) is 86.5 Å². The molecule has 25 heavy (non-hydrogen) atoms. The minimum Gasteiger partial charge on any atom is -0.481 e. The monoisotopic (exact) mass is 345 g/mol. The molecule has 1 fully saturated rings. The summed E-state index contributed by atoms with van der Waals surface area (Å²) in [6.45, 7) is 1.07. The number of aliphatic hydroxyl groups excluding tert-OH is 1. The second-order valence-electron chi connectivity index (χ2n) is 6.24. The average molecular weight is 345 g/mol. The highest BCUT2D eigenvalue weighted by molar-refractivity contribution is 5.67. The number of benzene rings is 1. The number of aliphatic hydroxyl groups is 1. The van der Waals surface area contributed by atoms with Crippen molar-refractivity contribution < 1.29 is 19.4 Å². The first kappa shape index (κ1) is 17.3. The number of hydrogen-bond acceptors (Lipinski definition) is 5. The largest absolute Gasteiger partial charge is 0.481 e. The Morgan fingerprint density at radius 1 is 1.24 bits per heavy atom. The van der Waals surface area contributed by atoms with Gasteiger partial charge in [0.05, 0.1) is 6.61 Å². The summed E-state index contributed by atoms with van der Waals surface area (Å²) in [6, 6.07) is 4.85. The predicted molar refractivity (Wildman–Crippen MR) is 90.5 cm³/mol. The lowest BCUT2D eigenvalue weighted by Gasteiger charge is -2.31. The number of piperidine rings is 1. The molecule has 0 amide bonds. The smallest absolute Gasteiger partial charge is 0.303 e. The van der Waals surface area contributed by atoms with E-state index in [0.717, 1.165) is 12.8 Å². The number of carboxylic acids is 1. The first-order chi connectivity index (χ1) is 12.1. The van der Waals surface area contributed by atoms with E-state index in [1.54, 1.807) is 24.5 Å². The van der Waals surface area contributed by atoms with Gasteiger partial charge < -0.3 is 15.1 Å². The molecule has 2 N–H and O–H groups in total. The van der Waals surface area contributed by atoms with E-state index in [2.05, 4.69) is 9.97 Å². The van der Waals surface area contributed by atoms with Gasteiger partial charge in [0.2, 0.25) is 5.95 Å². The van der Waals surface area contributed by atoms with Gasteiger partial charge in [0.25, 0.3) is 0 Å². The van der Waals surface area contributed by atoms with Crippen LogP contribution in [0.25, 0.3) is 11.1 Å². The van der Waals surface area contributed by atoms with Crippen molar-refractivity contribution in [2.75, 3.05) is 18.0 Å². The van der Waals surface area contributed by atoms with Crippen LogP contribution in [0.3, 0.4) is 0 Å². The van der Waals surface area contributed by atoms with Crippen molar-refractivity contribution in [3.8, 4) is 11.1 Å². The lowest BCUT2D eigenvalue weighted by Crippen LogP contribution is -2.35. The Morgan fingerprint density at radius 2 is 1.92 bits per heavy atom. The fourth-order valence-electron chi connectivity index (χ4n) is 3.13. The van der Waals surface area contributed by atoms with E-state index in [4.69, 9.17) is 10.2 Å². The van der Waals surface area contributed by atoms with Gasteiger partial charge in [0.1, 0.15) is 5.82 Å². The van der Waals surface area contributed by atoms with Gasteiger partial charge in [-0.05, 0) is 18.8 Å². The number of carbonyl (C=O) groups is 1. The van der Waals surface area contributed by atoms with Gasteiger partial charge in [-0.25, -0.2) is 14.4 Å². The van der Waals surface area contributed by atoms with Crippen molar-refractivity contribution in [3.63, 3.8) is 0 Å². The molecule has 0 radical (unpaired) electrons. The highest BCUT2D eigenvalue weighted by Gasteiger charge is 2.22. The standard InChI is InChI=1S/C18H20FN3O3/c19-17-13(11-23)2-1-3-15(17)14-9-20-18(21-10-14)22-6-4-12(5-7-22)8-16(24)25/h1-3,9-10,12,23H,4-8,11H2,(H,24,25). The van der Waals surface area contributed by atoms with E-state index in [0.29, 0.717) is 30.2 Å². The van der Waals surface area contributed by atoms with Crippen LogP contribution >= 0.6 is 0 Å². The van der Waals surface area contributed by atoms with E-state index >= 15 is 0 Å². The molecule has 1 aliphatic heterocycles. The summed E-state index contributed by atoms with van der Waals surface area (Å²) in [5, 5.41) is 18.0. The predicted octanol–water partition coefficient (Wildman–Crippen LogP) is 2.47. The Kier molecular flexibility index (Phi) is 5.23. The Balaban J connectivity index is 1.70. The van der Waals surface area contributed by atoms with Gasteiger partial charge in [-0.15, -0.1) is 0 Å². The van der Waals surface area contributed by atoms with E-state index in [1.807, 2.05) is 4.90 Å². The molecule has 0 bridgehead atoms. The second kappa shape index (κ2) is 7.57. The molecule has 2 heterocycles. The van der Waals surface area contributed by atoms with Crippen LogP contribution in [-0.4, -0.2) is 39.2 Å². The Morgan fingerprint density at radius 3 is 2.52 bits per heavy atom.